The van der Waals surface area contributed by atoms with Crippen LogP contribution in [0.15, 0.2) is 0 Å². The van der Waals surface area contributed by atoms with E-state index in [4.69, 9.17) is 10.2 Å². The molecular formula is C9H15N3O3S. The summed E-state index contributed by atoms with van der Waals surface area (Å²) in [6.07, 6.45) is 0. The first-order valence-electron chi connectivity index (χ1n) is 4.95. The lowest BCUT2D eigenvalue weighted by Crippen LogP contribution is -2.40. The quantitative estimate of drug-likeness (QED) is 0.664. The van der Waals surface area contributed by atoms with Crippen LogP contribution in [0.3, 0.4) is 0 Å². The minimum absolute atomic E-state index is 0.112. The molecule has 16 heavy (non-hydrogen) atoms. The summed E-state index contributed by atoms with van der Waals surface area (Å²) in [6, 6.07) is -0.644. The summed E-state index contributed by atoms with van der Waals surface area (Å²) >= 11 is 1.01. The Hall–Kier alpha value is -1.05. The second-order valence-electron chi connectivity index (χ2n) is 3.68. The zero-order chi connectivity index (χ0) is 12.1. The number of rotatable bonds is 5. The van der Waals surface area contributed by atoms with E-state index < -0.39 is 6.04 Å². The fourth-order valence-electron chi connectivity index (χ4n) is 1.13. The molecule has 1 aromatic heterocycles. The monoisotopic (exact) mass is 245 g/mol. The molecule has 1 heterocycles. The normalized spacial score (nSPS) is 11.1. The molecule has 0 aromatic carbocycles. The average molecular weight is 245 g/mol. The molecule has 0 bridgehead atoms. The highest BCUT2D eigenvalue weighted by Crippen LogP contribution is 2.19. The van der Waals surface area contributed by atoms with Crippen LogP contribution in [0.25, 0.3) is 0 Å². The maximum Gasteiger partial charge on any atom is 0.265 e. The van der Waals surface area contributed by atoms with Crippen molar-refractivity contribution in [2.24, 2.45) is 0 Å². The molecule has 0 spiro atoms. The van der Waals surface area contributed by atoms with E-state index in [9.17, 15) is 4.79 Å². The van der Waals surface area contributed by atoms with E-state index in [1.54, 1.807) is 0 Å². The van der Waals surface area contributed by atoms with Gasteiger partial charge >= 0.3 is 0 Å². The summed E-state index contributed by atoms with van der Waals surface area (Å²) in [5.74, 6) is -0.243. The first-order chi connectivity index (χ1) is 7.60. The number of hydrogen-bond donors (Lipinski definition) is 3. The number of aromatic nitrogens is 2. The van der Waals surface area contributed by atoms with Crippen molar-refractivity contribution in [3.63, 3.8) is 0 Å². The number of hydrogen-bond acceptors (Lipinski definition) is 6. The van der Waals surface area contributed by atoms with Gasteiger partial charge in [-0.2, -0.15) is 0 Å². The van der Waals surface area contributed by atoms with E-state index in [1.807, 2.05) is 13.8 Å². The minimum Gasteiger partial charge on any atom is -0.394 e. The molecule has 3 N–H and O–H groups in total. The number of aliphatic hydroxyl groups excluding tert-OH is 2. The number of carbonyl (C=O) groups is 1. The Balaban J connectivity index is 2.76. The van der Waals surface area contributed by atoms with Crippen molar-refractivity contribution in [1.82, 2.24) is 14.9 Å². The summed E-state index contributed by atoms with van der Waals surface area (Å²) in [6.45, 7) is 3.24. The highest BCUT2D eigenvalue weighted by molar-refractivity contribution is 7.08. The summed E-state index contributed by atoms with van der Waals surface area (Å²) in [5, 5.41) is 24.1. The Morgan fingerprint density at radius 2 is 2.06 bits per heavy atom. The molecule has 6 nitrogen and oxygen atoms in total. The van der Waals surface area contributed by atoms with Gasteiger partial charge < -0.3 is 15.5 Å². The highest BCUT2D eigenvalue weighted by Gasteiger charge is 2.20. The molecule has 0 aliphatic rings. The molecule has 0 saturated carbocycles. The first kappa shape index (κ1) is 13.0. The van der Waals surface area contributed by atoms with E-state index in [0.29, 0.717) is 10.6 Å². The van der Waals surface area contributed by atoms with Gasteiger partial charge in [0.15, 0.2) is 0 Å². The van der Waals surface area contributed by atoms with Crippen LogP contribution < -0.4 is 5.32 Å². The highest BCUT2D eigenvalue weighted by atomic mass is 32.1. The number of carbonyl (C=O) groups excluding carboxylic acids is 1. The smallest absolute Gasteiger partial charge is 0.265 e. The molecule has 1 aromatic rings. The molecule has 0 aliphatic carbocycles. The molecule has 1 amide bonds. The Kier molecular flexibility index (Phi) is 4.78. The second kappa shape index (κ2) is 5.88. The third kappa shape index (κ3) is 2.97. The number of amides is 1. The van der Waals surface area contributed by atoms with Gasteiger partial charge in [-0.05, 0) is 17.5 Å². The molecule has 0 saturated heterocycles. The lowest BCUT2D eigenvalue weighted by atomic mass is 10.1. The van der Waals surface area contributed by atoms with E-state index >= 15 is 0 Å². The summed E-state index contributed by atoms with van der Waals surface area (Å²) in [5.41, 5.74) is 0.636. The van der Waals surface area contributed by atoms with Gasteiger partial charge in [0.05, 0.1) is 24.9 Å². The SMILES string of the molecule is CC(C)c1nnsc1C(=O)NC(CO)CO. The maximum absolute atomic E-state index is 11.8. The molecule has 0 radical (unpaired) electrons. The Morgan fingerprint density at radius 3 is 2.56 bits per heavy atom. The lowest BCUT2D eigenvalue weighted by molar-refractivity contribution is 0.0882. The maximum atomic E-state index is 11.8. The number of aliphatic hydroxyl groups is 2. The third-order valence-electron chi connectivity index (χ3n) is 2.04. The molecule has 0 aliphatic heterocycles. The lowest BCUT2D eigenvalue weighted by Gasteiger charge is -2.12. The molecule has 1 rings (SSSR count). The number of nitrogens with one attached hydrogen (secondary N) is 1. The van der Waals surface area contributed by atoms with E-state index in [1.165, 1.54) is 0 Å². The van der Waals surface area contributed by atoms with Gasteiger partial charge in [-0.25, -0.2) is 0 Å². The van der Waals surface area contributed by atoms with Gasteiger partial charge in [-0.3, -0.25) is 4.79 Å². The summed E-state index contributed by atoms with van der Waals surface area (Å²) in [4.78, 5) is 12.2. The molecular weight excluding hydrogens is 230 g/mol. The van der Waals surface area contributed by atoms with E-state index in [-0.39, 0.29) is 25.0 Å². The topological polar surface area (TPSA) is 95.3 Å². The molecule has 7 heteroatoms. The molecule has 0 unspecified atom stereocenters. The second-order valence-corrected chi connectivity index (χ2v) is 4.43. The van der Waals surface area contributed by atoms with E-state index in [0.717, 1.165) is 11.5 Å². The standard InChI is InChI=1S/C9H15N3O3S/c1-5(2)7-8(16-12-11-7)9(15)10-6(3-13)4-14/h5-6,13-14H,3-4H2,1-2H3,(H,10,15). The Bertz CT molecular complexity index is 350. The van der Waals surface area contributed by atoms with E-state index in [2.05, 4.69) is 14.9 Å². The van der Waals surface area contributed by atoms with Crippen LogP contribution in [0.2, 0.25) is 0 Å². The summed E-state index contributed by atoms with van der Waals surface area (Å²) in [7, 11) is 0. The van der Waals surface area contributed by atoms with Crippen molar-refractivity contribution < 1.29 is 15.0 Å². The fraction of sp³-hybridized carbons (Fsp3) is 0.667. The van der Waals surface area contributed by atoms with Gasteiger partial charge in [-0.15, -0.1) is 5.10 Å². The number of nitrogens with zero attached hydrogens (tertiary/aromatic N) is 2. The Morgan fingerprint density at radius 1 is 1.44 bits per heavy atom. The van der Waals surface area contributed by atoms with Crippen molar-refractivity contribution in [2.75, 3.05) is 13.2 Å². The van der Waals surface area contributed by atoms with Gasteiger partial charge in [0.1, 0.15) is 4.88 Å². The predicted octanol–water partition coefficient (Wildman–Crippen LogP) is -0.255. The zero-order valence-electron chi connectivity index (χ0n) is 9.17. The third-order valence-corrected chi connectivity index (χ3v) is 2.78. The molecule has 0 atom stereocenters. The van der Waals surface area contributed by atoms with Gasteiger partial charge in [0.2, 0.25) is 0 Å². The summed E-state index contributed by atoms with van der Waals surface area (Å²) < 4.78 is 3.73. The van der Waals surface area contributed by atoms with Gasteiger partial charge in [0, 0.05) is 0 Å². The zero-order valence-corrected chi connectivity index (χ0v) is 9.99. The largest absolute Gasteiger partial charge is 0.394 e. The van der Waals surface area contributed by atoms with Crippen LogP contribution in [-0.4, -0.2) is 45.0 Å². The van der Waals surface area contributed by atoms with Crippen LogP contribution in [0.5, 0.6) is 0 Å². The molecule has 90 valence electrons. The van der Waals surface area contributed by atoms with Crippen LogP contribution in [0, 0.1) is 0 Å². The van der Waals surface area contributed by atoms with Crippen molar-refractivity contribution >= 4 is 17.4 Å². The van der Waals surface area contributed by atoms with Crippen LogP contribution in [0.1, 0.15) is 35.1 Å². The predicted molar refractivity (Wildman–Crippen MR) is 59.4 cm³/mol. The average Bonchev–Trinajstić information content (AvgIpc) is 2.74. The Labute approximate surface area is 97.5 Å². The minimum atomic E-state index is -0.644. The van der Waals surface area contributed by atoms with Gasteiger partial charge in [-0.1, -0.05) is 18.3 Å². The van der Waals surface area contributed by atoms with Crippen molar-refractivity contribution in [1.29, 1.82) is 0 Å². The van der Waals surface area contributed by atoms with Crippen LogP contribution >= 0.6 is 11.5 Å². The fourth-order valence-corrected chi connectivity index (χ4v) is 1.86. The first-order valence-corrected chi connectivity index (χ1v) is 5.72. The van der Waals surface area contributed by atoms with Crippen molar-refractivity contribution in [2.45, 2.75) is 25.8 Å². The van der Waals surface area contributed by atoms with Crippen LogP contribution in [-0.2, 0) is 0 Å². The van der Waals surface area contributed by atoms with Crippen molar-refractivity contribution in [3.8, 4) is 0 Å². The van der Waals surface area contributed by atoms with Gasteiger partial charge in [0.25, 0.3) is 5.91 Å². The van der Waals surface area contributed by atoms with Crippen molar-refractivity contribution in [3.05, 3.63) is 10.6 Å². The van der Waals surface area contributed by atoms with Crippen LogP contribution in [0.4, 0.5) is 0 Å². The molecule has 0 fully saturated rings.